The highest BCUT2D eigenvalue weighted by Crippen LogP contribution is 2.31. The van der Waals surface area contributed by atoms with E-state index >= 15 is 0 Å². The minimum atomic E-state index is -0.318. The third-order valence-electron chi connectivity index (χ3n) is 3.82. The first kappa shape index (κ1) is 12.4. The second-order valence-corrected chi connectivity index (χ2v) is 5.02. The van der Waals surface area contributed by atoms with Crippen molar-refractivity contribution in [3.63, 3.8) is 0 Å². The molecular weight excluding hydrogens is 212 g/mol. The van der Waals surface area contributed by atoms with Gasteiger partial charge in [-0.15, -0.1) is 0 Å². The zero-order chi connectivity index (χ0) is 12.1. The lowest BCUT2D eigenvalue weighted by atomic mass is 9.96. The molecule has 2 heteroatoms. The fourth-order valence-corrected chi connectivity index (χ4v) is 2.69. The van der Waals surface area contributed by atoms with E-state index < -0.39 is 0 Å². The predicted octanol–water partition coefficient (Wildman–Crippen LogP) is 3.70. The van der Waals surface area contributed by atoms with Crippen LogP contribution in [0.4, 0.5) is 0 Å². The van der Waals surface area contributed by atoms with Crippen molar-refractivity contribution in [3.05, 3.63) is 29.8 Å². The Morgan fingerprint density at radius 1 is 1.24 bits per heavy atom. The maximum Gasteiger partial charge on any atom is 0.118 e. The van der Waals surface area contributed by atoms with Crippen LogP contribution in [-0.2, 0) is 0 Å². The van der Waals surface area contributed by atoms with Crippen LogP contribution in [0.15, 0.2) is 24.3 Å². The smallest absolute Gasteiger partial charge is 0.118 e. The molecule has 1 saturated carbocycles. The summed E-state index contributed by atoms with van der Waals surface area (Å²) in [5.41, 5.74) is 1.00. The average molecular weight is 234 g/mol. The van der Waals surface area contributed by atoms with Gasteiger partial charge in [-0.25, -0.2) is 0 Å². The van der Waals surface area contributed by atoms with Gasteiger partial charge < -0.3 is 9.84 Å². The SMILES string of the molecule is COc1ccc(C(O)CCC2CCCC2)cc1. The topological polar surface area (TPSA) is 29.5 Å². The molecule has 0 aromatic heterocycles. The normalized spacial score (nSPS) is 18.2. The van der Waals surface area contributed by atoms with Gasteiger partial charge in [-0.2, -0.15) is 0 Å². The molecule has 1 N–H and O–H groups in total. The summed E-state index contributed by atoms with van der Waals surface area (Å²) < 4.78 is 5.11. The number of aliphatic hydroxyl groups is 1. The Morgan fingerprint density at radius 3 is 2.47 bits per heavy atom. The van der Waals surface area contributed by atoms with Gasteiger partial charge in [0.25, 0.3) is 0 Å². The van der Waals surface area contributed by atoms with E-state index in [1.165, 1.54) is 25.7 Å². The molecule has 1 aliphatic rings. The molecule has 1 fully saturated rings. The van der Waals surface area contributed by atoms with Crippen LogP contribution in [-0.4, -0.2) is 12.2 Å². The van der Waals surface area contributed by atoms with E-state index in [0.29, 0.717) is 0 Å². The lowest BCUT2D eigenvalue weighted by Crippen LogP contribution is -2.01. The molecule has 1 aliphatic carbocycles. The quantitative estimate of drug-likeness (QED) is 0.841. The number of benzene rings is 1. The van der Waals surface area contributed by atoms with E-state index in [0.717, 1.165) is 30.1 Å². The van der Waals surface area contributed by atoms with E-state index in [4.69, 9.17) is 4.74 Å². The molecule has 0 bridgehead atoms. The van der Waals surface area contributed by atoms with Crippen molar-refractivity contribution in [2.75, 3.05) is 7.11 Å². The molecule has 0 spiro atoms. The van der Waals surface area contributed by atoms with Crippen LogP contribution in [0, 0.1) is 5.92 Å². The first-order valence-corrected chi connectivity index (χ1v) is 6.61. The first-order chi connectivity index (χ1) is 8.29. The van der Waals surface area contributed by atoms with Crippen molar-refractivity contribution in [2.45, 2.75) is 44.6 Å². The van der Waals surface area contributed by atoms with E-state index in [2.05, 4.69) is 0 Å². The molecule has 94 valence electrons. The van der Waals surface area contributed by atoms with Crippen molar-refractivity contribution >= 4 is 0 Å². The number of methoxy groups -OCH3 is 1. The Morgan fingerprint density at radius 2 is 1.88 bits per heavy atom. The molecule has 1 aromatic rings. The lowest BCUT2D eigenvalue weighted by molar-refractivity contribution is 0.157. The van der Waals surface area contributed by atoms with Gasteiger partial charge >= 0.3 is 0 Å². The molecule has 0 aliphatic heterocycles. The summed E-state index contributed by atoms with van der Waals surface area (Å²) in [6, 6.07) is 7.73. The van der Waals surface area contributed by atoms with E-state index in [-0.39, 0.29) is 6.10 Å². The summed E-state index contributed by atoms with van der Waals surface area (Å²) in [5, 5.41) is 10.1. The predicted molar refractivity (Wildman–Crippen MR) is 69.1 cm³/mol. The Balaban J connectivity index is 1.83. The van der Waals surface area contributed by atoms with E-state index in [1.807, 2.05) is 24.3 Å². The summed E-state index contributed by atoms with van der Waals surface area (Å²) in [5.74, 6) is 1.69. The molecule has 2 rings (SSSR count). The number of rotatable bonds is 5. The van der Waals surface area contributed by atoms with Gasteiger partial charge in [0.15, 0.2) is 0 Å². The summed E-state index contributed by atoms with van der Waals surface area (Å²) in [6.07, 6.45) is 7.20. The van der Waals surface area contributed by atoms with Crippen LogP contribution in [0.25, 0.3) is 0 Å². The monoisotopic (exact) mass is 234 g/mol. The van der Waals surface area contributed by atoms with Crippen molar-refractivity contribution in [1.29, 1.82) is 0 Å². The molecule has 17 heavy (non-hydrogen) atoms. The second-order valence-electron chi connectivity index (χ2n) is 5.02. The standard InChI is InChI=1S/C15H22O2/c1-17-14-9-7-13(8-10-14)15(16)11-6-12-4-2-3-5-12/h7-10,12,15-16H,2-6,11H2,1H3. The largest absolute Gasteiger partial charge is 0.497 e. The summed E-state index contributed by atoms with van der Waals surface area (Å²) >= 11 is 0. The van der Waals surface area contributed by atoms with Crippen molar-refractivity contribution in [1.82, 2.24) is 0 Å². The van der Waals surface area contributed by atoms with Gasteiger partial charge in [0, 0.05) is 0 Å². The van der Waals surface area contributed by atoms with Gasteiger partial charge in [-0.1, -0.05) is 37.8 Å². The maximum atomic E-state index is 10.1. The van der Waals surface area contributed by atoms with E-state index in [9.17, 15) is 5.11 Å². The third kappa shape index (κ3) is 3.47. The van der Waals surface area contributed by atoms with Gasteiger partial charge in [0.05, 0.1) is 13.2 Å². The number of ether oxygens (including phenoxy) is 1. The van der Waals surface area contributed by atoms with Gasteiger partial charge in [0.1, 0.15) is 5.75 Å². The molecule has 2 nitrogen and oxygen atoms in total. The Bertz CT molecular complexity index is 325. The fraction of sp³-hybridized carbons (Fsp3) is 0.600. The number of hydrogen-bond donors (Lipinski definition) is 1. The van der Waals surface area contributed by atoms with Crippen molar-refractivity contribution < 1.29 is 9.84 Å². The average Bonchev–Trinajstić information content (AvgIpc) is 2.89. The molecule has 1 atom stereocenters. The highest BCUT2D eigenvalue weighted by atomic mass is 16.5. The molecule has 0 heterocycles. The summed E-state index contributed by atoms with van der Waals surface area (Å²) in [4.78, 5) is 0. The number of hydrogen-bond acceptors (Lipinski definition) is 2. The van der Waals surface area contributed by atoms with Gasteiger partial charge in [0.2, 0.25) is 0 Å². The number of aliphatic hydroxyl groups excluding tert-OH is 1. The van der Waals surface area contributed by atoms with Crippen LogP contribution >= 0.6 is 0 Å². The Labute approximate surface area is 104 Å². The summed E-state index contributed by atoms with van der Waals surface area (Å²) in [7, 11) is 1.66. The van der Waals surface area contributed by atoms with Crippen LogP contribution in [0.2, 0.25) is 0 Å². The molecule has 0 radical (unpaired) electrons. The van der Waals surface area contributed by atoms with E-state index in [1.54, 1.807) is 7.11 Å². The first-order valence-electron chi connectivity index (χ1n) is 6.61. The second kappa shape index (κ2) is 6.06. The van der Waals surface area contributed by atoms with Crippen molar-refractivity contribution in [3.8, 4) is 5.75 Å². The fourth-order valence-electron chi connectivity index (χ4n) is 2.69. The van der Waals surface area contributed by atoms with Crippen LogP contribution in [0.5, 0.6) is 5.75 Å². The molecular formula is C15H22O2. The van der Waals surface area contributed by atoms with Gasteiger partial charge in [-0.3, -0.25) is 0 Å². The third-order valence-corrected chi connectivity index (χ3v) is 3.82. The zero-order valence-electron chi connectivity index (χ0n) is 10.6. The zero-order valence-corrected chi connectivity index (χ0v) is 10.6. The molecule has 1 unspecified atom stereocenters. The maximum absolute atomic E-state index is 10.1. The molecule has 0 saturated heterocycles. The van der Waals surface area contributed by atoms with Gasteiger partial charge in [-0.05, 0) is 36.5 Å². The van der Waals surface area contributed by atoms with Crippen LogP contribution in [0.1, 0.15) is 50.2 Å². The molecule has 0 amide bonds. The highest BCUT2D eigenvalue weighted by Gasteiger charge is 2.17. The minimum Gasteiger partial charge on any atom is -0.497 e. The minimum absolute atomic E-state index is 0.318. The Hall–Kier alpha value is -1.02. The Kier molecular flexibility index (Phi) is 4.43. The van der Waals surface area contributed by atoms with Crippen molar-refractivity contribution in [2.24, 2.45) is 5.92 Å². The summed E-state index contributed by atoms with van der Waals surface area (Å²) in [6.45, 7) is 0. The molecule has 1 aromatic carbocycles. The van der Waals surface area contributed by atoms with Crippen LogP contribution in [0.3, 0.4) is 0 Å². The lowest BCUT2D eigenvalue weighted by Gasteiger charge is -2.14. The van der Waals surface area contributed by atoms with Crippen LogP contribution < -0.4 is 4.74 Å². The highest BCUT2D eigenvalue weighted by molar-refractivity contribution is 5.28.